The molecule has 0 aromatic carbocycles. The van der Waals surface area contributed by atoms with Crippen molar-refractivity contribution < 1.29 is 19.6 Å². The van der Waals surface area contributed by atoms with E-state index in [-0.39, 0.29) is 18.8 Å². The van der Waals surface area contributed by atoms with Crippen LogP contribution in [0.3, 0.4) is 0 Å². The van der Waals surface area contributed by atoms with E-state index in [0.717, 1.165) is 10.7 Å². The van der Waals surface area contributed by atoms with Gasteiger partial charge in [-0.05, 0) is 11.8 Å². The van der Waals surface area contributed by atoms with E-state index in [1.807, 2.05) is 0 Å². The molecule has 8 nitrogen and oxygen atoms in total. The van der Waals surface area contributed by atoms with E-state index in [9.17, 15) is 20.0 Å². The number of carbonyl (C=O) groups is 1. The molecule has 0 aliphatic heterocycles. The lowest BCUT2D eigenvalue weighted by Crippen LogP contribution is -2.40. The van der Waals surface area contributed by atoms with Crippen molar-refractivity contribution in [2.24, 2.45) is 0 Å². The number of rotatable bonds is 6. The Morgan fingerprint density at radius 2 is 2.41 bits per heavy atom. The van der Waals surface area contributed by atoms with Gasteiger partial charge in [0.25, 0.3) is 0 Å². The first kappa shape index (κ1) is 13.1. The number of hydrogen-bond donors (Lipinski definition) is 1. The third kappa shape index (κ3) is 2.59. The molecule has 1 heterocycles. The molecular weight excluding hydrogens is 230 g/mol. The molecule has 94 valence electrons. The van der Waals surface area contributed by atoms with Gasteiger partial charge < -0.3 is 20.0 Å². The number of nitrogens with zero attached hydrogens (tertiary/aromatic N) is 3. The Morgan fingerprint density at radius 3 is 2.82 bits per heavy atom. The third-order valence-electron chi connectivity index (χ3n) is 2.52. The zero-order valence-electron chi connectivity index (χ0n) is 9.49. The molecule has 0 amide bonds. The molecule has 1 aromatic heterocycles. The summed E-state index contributed by atoms with van der Waals surface area (Å²) in [6, 6.07) is 1.16. The maximum Gasteiger partial charge on any atom is 0.389 e. The van der Waals surface area contributed by atoms with E-state index in [1.165, 1.54) is 20.2 Å². The molecule has 0 aliphatic carbocycles. The lowest BCUT2D eigenvalue weighted by Gasteiger charge is -2.21. The van der Waals surface area contributed by atoms with Gasteiger partial charge in [0.1, 0.15) is 0 Å². The van der Waals surface area contributed by atoms with Gasteiger partial charge in [-0.3, -0.25) is 0 Å². The van der Waals surface area contributed by atoms with E-state index in [0.29, 0.717) is 0 Å². The smallest absolute Gasteiger partial charge is 0.389 e. The fourth-order valence-corrected chi connectivity index (χ4v) is 1.31. The second kappa shape index (κ2) is 4.91. The summed E-state index contributed by atoms with van der Waals surface area (Å²) in [5.41, 5.74) is -1.36. The lowest BCUT2D eigenvalue weighted by atomic mass is 9.99. The highest BCUT2D eigenvalue weighted by Gasteiger charge is 2.39. The number of hydrogen-bond acceptors (Lipinski definition) is 5. The van der Waals surface area contributed by atoms with Crippen LogP contribution in [-0.4, -0.2) is 39.5 Å². The number of carboxylic acids is 1. The monoisotopic (exact) mass is 243 g/mol. The van der Waals surface area contributed by atoms with Gasteiger partial charge >= 0.3 is 11.8 Å². The second-order valence-electron chi connectivity index (χ2n) is 3.70. The molecule has 1 atom stereocenters. The van der Waals surface area contributed by atoms with Gasteiger partial charge in [-0.25, -0.2) is 4.79 Å². The van der Waals surface area contributed by atoms with Crippen LogP contribution in [0, 0.1) is 10.1 Å². The van der Waals surface area contributed by atoms with Gasteiger partial charge in [-0.2, -0.15) is 4.68 Å². The minimum Gasteiger partial charge on any atom is -0.479 e. The highest BCUT2D eigenvalue weighted by molar-refractivity contribution is 5.76. The van der Waals surface area contributed by atoms with Crippen molar-refractivity contribution in [2.45, 2.75) is 18.9 Å². The van der Waals surface area contributed by atoms with Crippen LogP contribution in [-0.2, 0) is 15.1 Å². The highest BCUT2D eigenvalue weighted by atomic mass is 16.6. The second-order valence-corrected chi connectivity index (χ2v) is 3.70. The fraction of sp³-hybridized carbons (Fsp3) is 0.556. The molecule has 1 aromatic rings. The van der Waals surface area contributed by atoms with Gasteiger partial charge in [0.05, 0.1) is 17.4 Å². The summed E-state index contributed by atoms with van der Waals surface area (Å²) in [4.78, 5) is 21.0. The summed E-state index contributed by atoms with van der Waals surface area (Å²) >= 11 is 0. The van der Waals surface area contributed by atoms with Gasteiger partial charge in [-0.1, -0.05) is 0 Å². The van der Waals surface area contributed by atoms with Gasteiger partial charge in [0.15, 0.2) is 5.54 Å². The Hall–Kier alpha value is -1.96. The topological polar surface area (TPSA) is 107 Å². The molecule has 8 heteroatoms. The van der Waals surface area contributed by atoms with Crippen LogP contribution in [0.1, 0.15) is 13.3 Å². The Morgan fingerprint density at radius 1 is 1.76 bits per heavy atom. The van der Waals surface area contributed by atoms with Crippen LogP contribution in [0.15, 0.2) is 12.3 Å². The van der Waals surface area contributed by atoms with Crippen LogP contribution < -0.4 is 0 Å². The Labute approximate surface area is 97.0 Å². The number of nitro groups is 1. The zero-order chi connectivity index (χ0) is 13.1. The van der Waals surface area contributed by atoms with Crippen LogP contribution in [0.25, 0.3) is 0 Å². The fourth-order valence-electron chi connectivity index (χ4n) is 1.31. The van der Waals surface area contributed by atoms with Crippen molar-refractivity contribution in [1.29, 1.82) is 0 Å². The maximum absolute atomic E-state index is 11.2. The minimum atomic E-state index is -1.36. The van der Waals surface area contributed by atoms with Crippen molar-refractivity contribution in [3.8, 4) is 0 Å². The average Bonchev–Trinajstić information content (AvgIpc) is 2.75. The number of methoxy groups -OCH3 is 1. The quantitative estimate of drug-likeness (QED) is 0.579. The molecule has 1 rings (SSSR count). The van der Waals surface area contributed by atoms with E-state index in [2.05, 4.69) is 5.10 Å². The Bertz CT molecular complexity index is 430. The number of ether oxygens (including phenoxy) is 1. The molecule has 17 heavy (non-hydrogen) atoms. The summed E-state index contributed by atoms with van der Waals surface area (Å²) in [7, 11) is 1.45. The maximum atomic E-state index is 11.2. The SMILES string of the molecule is COCCC(C)(C(=O)O)n1ccc([N+](=O)[O-])n1. The average molecular weight is 243 g/mol. The standard InChI is InChI=1S/C9H13N3O5/c1-9(8(13)14,4-6-17-2)11-5-3-7(10-11)12(15)16/h3,5H,4,6H2,1-2H3,(H,13,14). The normalized spacial score (nSPS) is 14.2. The molecule has 0 radical (unpaired) electrons. The highest BCUT2D eigenvalue weighted by Crippen LogP contribution is 2.22. The first-order valence-corrected chi connectivity index (χ1v) is 4.84. The predicted molar refractivity (Wildman–Crippen MR) is 56.7 cm³/mol. The molecule has 1 N–H and O–H groups in total. The van der Waals surface area contributed by atoms with Crippen LogP contribution in [0.5, 0.6) is 0 Å². The largest absolute Gasteiger partial charge is 0.479 e. The first-order valence-electron chi connectivity index (χ1n) is 4.84. The molecule has 1 unspecified atom stereocenters. The molecule has 0 saturated heterocycles. The molecule has 0 fully saturated rings. The van der Waals surface area contributed by atoms with Crippen LogP contribution in [0.4, 0.5) is 5.82 Å². The molecular formula is C9H13N3O5. The van der Waals surface area contributed by atoms with E-state index < -0.39 is 16.4 Å². The van der Waals surface area contributed by atoms with Crippen molar-refractivity contribution in [3.63, 3.8) is 0 Å². The molecule has 0 aliphatic rings. The summed E-state index contributed by atoms with van der Waals surface area (Å²) in [6.07, 6.45) is 1.44. The summed E-state index contributed by atoms with van der Waals surface area (Å²) in [5.74, 6) is -1.50. The van der Waals surface area contributed by atoms with Crippen molar-refractivity contribution in [3.05, 3.63) is 22.4 Å². The van der Waals surface area contributed by atoms with Gasteiger partial charge in [-0.15, -0.1) is 0 Å². The van der Waals surface area contributed by atoms with E-state index in [4.69, 9.17) is 4.74 Å². The van der Waals surface area contributed by atoms with E-state index >= 15 is 0 Å². The minimum absolute atomic E-state index is 0.164. The van der Waals surface area contributed by atoms with Gasteiger partial charge in [0.2, 0.25) is 0 Å². The van der Waals surface area contributed by atoms with Crippen molar-refractivity contribution in [2.75, 3.05) is 13.7 Å². The predicted octanol–water partition coefficient (Wildman–Crippen LogP) is 0.628. The van der Waals surface area contributed by atoms with Crippen molar-refractivity contribution >= 4 is 11.8 Å². The van der Waals surface area contributed by atoms with Crippen molar-refractivity contribution in [1.82, 2.24) is 9.78 Å². The summed E-state index contributed by atoms with van der Waals surface area (Å²) < 4.78 is 5.90. The first-order chi connectivity index (χ1) is 7.91. The van der Waals surface area contributed by atoms with E-state index in [1.54, 1.807) is 0 Å². The zero-order valence-corrected chi connectivity index (χ0v) is 9.49. The summed E-state index contributed by atoms with van der Waals surface area (Å²) in [5, 5.41) is 23.3. The van der Waals surface area contributed by atoms with Crippen LogP contribution >= 0.6 is 0 Å². The number of aliphatic carboxylic acids is 1. The van der Waals surface area contributed by atoms with Gasteiger partial charge in [0, 0.05) is 20.1 Å². The van der Waals surface area contributed by atoms with Crippen LogP contribution in [0.2, 0.25) is 0 Å². The molecule has 0 bridgehead atoms. The Balaban J connectivity index is 3.04. The molecule has 0 saturated carbocycles. The molecule has 0 spiro atoms. The Kier molecular flexibility index (Phi) is 3.79. The number of aromatic nitrogens is 2. The lowest BCUT2D eigenvalue weighted by molar-refractivity contribution is -0.389. The number of carboxylic acid groups (broad SMARTS) is 1. The summed E-state index contributed by atoms with van der Waals surface area (Å²) in [6.45, 7) is 1.65. The third-order valence-corrected chi connectivity index (χ3v) is 2.52.